The maximum Gasteiger partial charge on any atom is 0.408 e. The molecule has 1 saturated heterocycles. The van der Waals surface area contributed by atoms with Crippen molar-refractivity contribution in [3.05, 3.63) is 52.6 Å². The molecule has 0 bridgehead atoms. The quantitative estimate of drug-likeness (QED) is 0.707. The third-order valence-electron chi connectivity index (χ3n) is 4.63. The lowest BCUT2D eigenvalue weighted by molar-refractivity contribution is -0.142. The zero-order valence-electron chi connectivity index (χ0n) is 15.7. The molecule has 0 radical (unpaired) electrons. The molecule has 2 aromatic rings. The molecule has 1 aromatic carbocycles. The first kappa shape index (κ1) is 21.9. The van der Waals surface area contributed by atoms with Gasteiger partial charge in [-0.2, -0.15) is 18.3 Å². The zero-order valence-corrected chi connectivity index (χ0v) is 16.5. The van der Waals surface area contributed by atoms with Crippen LogP contribution >= 0.6 is 11.6 Å². The molecule has 1 fully saturated rings. The second-order valence-electron chi connectivity index (χ2n) is 6.80. The lowest BCUT2D eigenvalue weighted by Gasteiger charge is -2.34. The molecule has 1 aliphatic rings. The van der Waals surface area contributed by atoms with Crippen LogP contribution in [-0.2, 0) is 11.3 Å². The Kier molecular flexibility index (Phi) is 6.20. The number of piperazine rings is 1. The first-order valence-electron chi connectivity index (χ1n) is 8.94. The number of hydrogen-bond donors (Lipinski definition) is 2. The number of rotatable bonds is 4. The fourth-order valence-corrected chi connectivity index (χ4v) is 3.31. The SMILES string of the molecule is C[C@@H]1C(=O)NCCN1C(=O)N[C@H](c1ccc(F)c(Cl)c1)c1cnn(CC(F)(F)F)c1. The molecular weight excluding hydrogens is 430 g/mol. The largest absolute Gasteiger partial charge is 0.408 e. The van der Waals surface area contributed by atoms with E-state index in [4.69, 9.17) is 11.6 Å². The van der Waals surface area contributed by atoms with E-state index in [9.17, 15) is 27.2 Å². The Balaban J connectivity index is 1.91. The van der Waals surface area contributed by atoms with Gasteiger partial charge in [0.1, 0.15) is 18.4 Å². The number of halogens is 5. The van der Waals surface area contributed by atoms with E-state index in [1.165, 1.54) is 23.2 Å². The Morgan fingerprint density at radius 2 is 2.13 bits per heavy atom. The van der Waals surface area contributed by atoms with Crippen LogP contribution in [0.5, 0.6) is 0 Å². The van der Waals surface area contributed by atoms with E-state index in [1.807, 2.05) is 0 Å². The summed E-state index contributed by atoms with van der Waals surface area (Å²) in [5, 5.41) is 8.80. The summed E-state index contributed by atoms with van der Waals surface area (Å²) in [4.78, 5) is 26.0. The van der Waals surface area contributed by atoms with Gasteiger partial charge in [-0.3, -0.25) is 9.48 Å². The van der Waals surface area contributed by atoms with Gasteiger partial charge in [0.05, 0.1) is 17.3 Å². The molecule has 3 amide bonds. The summed E-state index contributed by atoms with van der Waals surface area (Å²) in [6.45, 7) is 0.774. The predicted molar refractivity (Wildman–Crippen MR) is 99.2 cm³/mol. The lowest BCUT2D eigenvalue weighted by atomic mass is 10.0. The average molecular weight is 448 g/mol. The molecule has 30 heavy (non-hydrogen) atoms. The van der Waals surface area contributed by atoms with Gasteiger partial charge in [-0.15, -0.1) is 0 Å². The normalized spacial score (nSPS) is 18.1. The van der Waals surface area contributed by atoms with E-state index in [0.717, 1.165) is 12.3 Å². The fraction of sp³-hybridized carbons (Fsp3) is 0.389. The minimum atomic E-state index is -4.47. The third kappa shape index (κ3) is 5.02. The summed E-state index contributed by atoms with van der Waals surface area (Å²) < 4.78 is 52.3. The standard InChI is InChI=1S/C18H18ClF4N5O2/c1-10-16(29)24-4-5-28(10)17(30)26-15(11-2-3-14(20)13(19)6-11)12-7-25-27(8-12)9-18(21,22)23/h2-3,6-8,10,15H,4-5,9H2,1H3,(H,24,29)(H,26,30)/t10-,15-/m1/s1. The molecule has 2 atom stereocenters. The molecule has 7 nitrogen and oxygen atoms in total. The average Bonchev–Trinajstić information content (AvgIpc) is 3.10. The van der Waals surface area contributed by atoms with Crippen LogP contribution in [0.3, 0.4) is 0 Å². The Hall–Kier alpha value is -2.82. The van der Waals surface area contributed by atoms with E-state index >= 15 is 0 Å². The minimum Gasteiger partial charge on any atom is -0.353 e. The Labute approximate surface area is 174 Å². The Bertz CT molecular complexity index is 949. The number of carbonyl (C=O) groups excluding carboxylic acids is 2. The van der Waals surface area contributed by atoms with Gasteiger partial charge in [-0.05, 0) is 24.6 Å². The number of alkyl halides is 3. The molecule has 0 spiro atoms. The van der Waals surface area contributed by atoms with Crippen LogP contribution < -0.4 is 10.6 Å². The summed E-state index contributed by atoms with van der Waals surface area (Å²) in [5.74, 6) is -1.00. The fourth-order valence-electron chi connectivity index (χ4n) is 3.12. The lowest BCUT2D eigenvalue weighted by Crippen LogP contribution is -2.58. The second kappa shape index (κ2) is 8.50. The highest BCUT2D eigenvalue weighted by molar-refractivity contribution is 6.30. The number of nitrogens with zero attached hydrogens (tertiary/aromatic N) is 3. The molecule has 0 aliphatic carbocycles. The number of hydrogen-bond acceptors (Lipinski definition) is 3. The number of benzene rings is 1. The number of amides is 3. The smallest absolute Gasteiger partial charge is 0.353 e. The summed E-state index contributed by atoms with van der Waals surface area (Å²) in [6, 6.07) is 1.42. The molecule has 162 valence electrons. The van der Waals surface area contributed by atoms with E-state index < -0.39 is 36.7 Å². The molecular formula is C18H18ClF4N5O2. The minimum absolute atomic E-state index is 0.208. The number of carbonyl (C=O) groups is 2. The van der Waals surface area contributed by atoms with Gasteiger partial charge in [-0.1, -0.05) is 17.7 Å². The van der Waals surface area contributed by atoms with E-state index in [-0.39, 0.29) is 29.6 Å². The second-order valence-corrected chi connectivity index (χ2v) is 7.21. The summed E-state index contributed by atoms with van der Waals surface area (Å²) in [6.07, 6.45) is -2.15. The van der Waals surface area contributed by atoms with Crippen LogP contribution in [0.25, 0.3) is 0 Å². The van der Waals surface area contributed by atoms with Crippen LogP contribution in [0.2, 0.25) is 5.02 Å². The van der Waals surface area contributed by atoms with E-state index in [1.54, 1.807) is 6.92 Å². The first-order chi connectivity index (χ1) is 14.0. The topological polar surface area (TPSA) is 79.3 Å². The molecule has 1 aromatic heterocycles. The van der Waals surface area contributed by atoms with Crippen LogP contribution in [-0.4, -0.2) is 51.9 Å². The van der Waals surface area contributed by atoms with Crippen molar-refractivity contribution in [2.45, 2.75) is 31.7 Å². The summed E-state index contributed by atoms with van der Waals surface area (Å²) >= 11 is 5.84. The van der Waals surface area contributed by atoms with Crippen molar-refractivity contribution < 1.29 is 27.2 Å². The zero-order chi connectivity index (χ0) is 22.1. The van der Waals surface area contributed by atoms with Gasteiger partial charge in [0.2, 0.25) is 5.91 Å². The van der Waals surface area contributed by atoms with Crippen LogP contribution in [0.1, 0.15) is 24.1 Å². The van der Waals surface area contributed by atoms with Gasteiger partial charge in [0.25, 0.3) is 0 Å². The van der Waals surface area contributed by atoms with Gasteiger partial charge in [0, 0.05) is 24.8 Å². The Morgan fingerprint density at radius 1 is 1.40 bits per heavy atom. The van der Waals surface area contributed by atoms with Crippen molar-refractivity contribution in [1.29, 1.82) is 0 Å². The van der Waals surface area contributed by atoms with Crippen molar-refractivity contribution in [1.82, 2.24) is 25.3 Å². The number of urea groups is 1. The molecule has 0 unspecified atom stereocenters. The van der Waals surface area contributed by atoms with Gasteiger partial charge in [0.15, 0.2) is 0 Å². The first-order valence-corrected chi connectivity index (χ1v) is 9.32. The van der Waals surface area contributed by atoms with Gasteiger partial charge >= 0.3 is 12.2 Å². The third-order valence-corrected chi connectivity index (χ3v) is 4.92. The highest BCUT2D eigenvalue weighted by Crippen LogP contribution is 2.27. The maximum absolute atomic E-state index is 13.6. The highest BCUT2D eigenvalue weighted by atomic mass is 35.5. The van der Waals surface area contributed by atoms with Crippen molar-refractivity contribution >= 4 is 23.5 Å². The predicted octanol–water partition coefficient (Wildman–Crippen LogP) is 2.86. The number of nitrogens with one attached hydrogen (secondary N) is 2. The van der Waals surface area contributed by atoms with Crippen LogP contribution in [0.4, 0.5) is 22.4 Å². The van der Waals surface area contributed by atoms with Crippen molar-refractivity contribution in [2.75, 3.05) is 13.1 Å². The molecule has 3 rings (SSSR count). The van der Waals surface area contributed by atoms with E-state index in [2.05, 4.69) is 15.7 Å². The Morgan fingerprint density at radius 3 is 2.80 bits per heavy atom. The van der Waals surface area contributed by atoms with Gasteiger partial charge in [-0.25, -0.2) is 9.18 Å². The van der Waals surface area contributed by atoms with Crippen LogP contribution in [0, 0.1) is 5.82 Å². The van der Waals surface area contributed by atoms with Crippen LogP contribution in [0.15, 0.2) is 30.6 Å². The van der Waals surface area contributed by atoms with Gasteiger partial charge < -0.3 is 15.5 Å². The monoisotopic (exact) mass is 447 g/mol. The molecule has 12 heteroatoms. The summed E-state index contributed by atoms with van der Waals surface area (Å²) in [5.41, 5.74) is 0.583. The van der Waals surface area contributed by atoms with Crippen molar-refractivity contribution in [3.63, 3.8) is 0 Å². The highest BCUT2D eigenvalue weighted by Gasteiger charge is 2.32. The number of aromatic nitrogens is 2. The maximum atomic E-state index is 13.6. The van der Waals surface area contributed by atoms with Crippen molar-refractivity contribution in [2.24, 2.45) is 0 Å². The molecule has 2 N–H and O–H groups in total. The molecule has 1 aliphatic heterocycles. The molecule has 2 heterocycles. The van der Waals surface area contributed by atoms with E-state index in [0.29, 0.717) is 10.2 Å². The summed E-state index contributed by atoms with van der Waals surface area (Å²) in [7, 11) is 0. The molecule has 0 saturated carbocycles. The van der Waals surface area contributed by atoms with Crippen molar-refractivity contribution in [3.8, 4) is 0 Å².